The summed E-state index contributed by atoms with van der Waals surface area (Å²) in [6.45, 7) is 10.5. The molecule has 0 saturated carbocycles. The number of nitrogens with zero attached hydrogens (tertiary/aromatic N) is 1. The van der Waals surface area contributed by atoms with Crippen LogP contribution in [0.4, 0.5) is 0 Å². The molecule has 76 valence electrons. The second-order valence-corrected chi connectivity index (χ2v) is 6.62. The van der Waals surface area contributed by atoms with Crippen molar-refractivity contribution in [3.05, 3.63) is 0 Å². The average Bonchev–Trinajstić information content (AvgIpc) is 1.79. The van der Waals surface area contributed by atoms with Gasteiger partial charge in [-0.1, -0.05) is 0 Å². The van der Waals surface area contributed by atoms with E-state index in [4.69, 9.17) is 6.15 Å². The zero-order valence-corrected chi connectivity index (χ0v) is 12.0. The first-order valence-electron chi connectivity index (χ1n) is 4.60. The Morgan fingerprint density at radius 2 is 1.38 bits per heavy atom. The van der Waals surface area contributed by atoms with Crippen LogP contribution < -0.4 is 0 Å². The summed E-state index contributed by atoms with van der Waals surface area (Å²) in [6, 6.07) is 0. The van der Waals surface area contributed by atoms with Crippen molar-refractivity contribution >= 4 is 22.0 Å². The van der Waals surface area contributed by atoms with Crippen LogP contribution in [0.1, 0.15) is 27.7 Å². The van der Waals surface area contributed by atoms with Crippen molar-refractivity contribution in [2.45, 2.75) is 38.9 Å². The molecule has 1 aliphatic rings. The van der Waals surface area contributed by atoms with Crippen molar-refractivity contribution in [1.82, 2.24) is 4.90 Å². The third kappa shape index (κ3) is 4.14. The van der Waals surface area contributed by atoms with Gasteiger partial charge in [0.1, 0.15) is 0 Å². The third-order valence-electron chi connectivity index (χ3n) is 1.94. The molecule has 0 N–H and O–H groups in total. The zero-order valence-electron chi connectivity index (χ0n) is 9.18. The normalized spacial score (nSPS) is 29.3. The van der Waals surface area contributed by atoms with Gasteiger partial charge in [-0.25, -0.2) is 0 Å². The van der Waals surface area contributed by atoms with Gasteiger partial charge in [0.15, 0.2) is 0 Å². The van der Waals surface area contributed by atoms with Gasteiger partial charge in [0.2, 0.25) is 0 Å². The molecule has 4 heteroatoms. The Morgan fingerprint density at radius 1 is 1.00 bits per heavy atom. The van der Waals surface area contributed by atoms with Crippen LogP contribution in [0.3, 0.4) is 0 Å². The summed E-state index contributed by atoms with van der Waals surface area (Å²) in [5.41, 5.74) is -0.0607. The Hall–Kier alpha value is 0.679. The summed E-state index contributed by atoms with van der Waals surface area (Å²) in [4.78, 5) is 2.28. The van der Waals surface area contributed by atoms with Crippen LogP contribution in [0.15, 0.2) is 0 Å². The van der Waals surface area contributed by atoms with E-state index in [9.17, 15) is 0 Å². The number of likely N-dealkylation sites (N-methyl/N-ethyl adjacent to an activating group) is 1. The van der Waals surface area contributed by atoms with Gasteiger partial charge < -0.3 is 0 Å². The molecular formula is C9H19NO2Sn. The van der Waals surface area contributed by atoms with E-state index < -0.39 is 22.0 Å². The molecular weight excluding hydrogens is 273 g/mol. The Balaban J connectivity index is 2.59. The van der Waals surface area contributed by atoms with Crippen LogP contribution in [0.25, 0.3) is 0 Å². The van der Waals surface area contributed by atoms with Crippen LogP contribution in [-0.4, -0.2) is 58.2 Å². The molecule has 0 amide bonds. The molecule has 0 aromatic carbocycles. The number of rotatable bonds is 0. The van der Waals surface area contributed by atoms with Crippen LogP contribution in [-0.2, 0) is 6.15 Å². The van der Waals surface area contributed by atoms with E-state index in [0.717, 1.165) is 13.1 Å². The van der Waals surface area contributed by atoms with Crippen LogP contribution in [0.5, 0.6) is 0 Å². The quantitative estimate of drug-likeness (QED) is 0.623. The molecule has 1 rings (SSSR count). The van der Waals surface area contributed by atoms with Gasteiger partial charge in [0.25, 0.3) is 0 Å². The molecule has 0 aliphatic carbocycles. The molecule has 0 bridgehead atoms. The van der Waals surface area contributed by atoms with E-state index in [1.165, 1.54) is 0 Å². The SMILES string of the molecule is CN1CC(C)(C)[O][Sn][O]C(C)(C)C1. The van der Waals surface area contributed by atoms with Gasteiger partial charge in [-0.2, -0.15) is 0 Å². The van der Waals surface area contributed by atoms with E-state index in [1.54, 1.807) is 0 Å². The molecule has 0 aromatic rings. The van der Waals surface area contributed by atoms with Gasteiger partial charge in [0.05, 0.1) is 0 Å². The Morgan fingerprint density at radius 3 is 1.77 bits per heavy atom. The van der Waals surface area contributed by atoms with E-state index in [-0.39, 0.29) is 11.2 Å². The second kappa shape index (κ2) is 4.04. The van der Waals surface area contributed by atoms with Crippen molar-refractivity contribution in [2.24, 2.45) is 0 Å². The number of hydrogen-bond acceptors (Lipinski definition) is 3. The fourth-order valence-electron chi connectivity index (χ4n) is 1.67. The molecule has 13 heavy (non-hydrogen) atoms. The Bertz CT molecular complexity index is 164. The first-order chi connectivity index (χ1) is 5.81. The minimum absolute atomic E-state index is 0.0303. The van der Waals surface area contributed by atoms with Crippen molar-refractivity contribution in [1.29, 1.82) is 0 Å². The summed E-state index contributed by atoms with van der Waals surface area (Å²) in [5.74, 6) is 0. The van der Waals surface area contributed by atoms with E-state index >= 15 is 0 Å². The van der Waals surface area contributed by atoms with Crippen LogP contribution >= 0.6 is 0 Å². The van der Waals surface area contributed by atoms with E-state index in [2.05, 4.69) is 39.6 Å². The van der Waals surface area contributed by atoms with Gasteiger partial charge in [-0.05, 0) is 0 Å². The zero-order chi connectivity index (χ0) is 10.1. The topological polar surface area (TPSA) is 21.7 Å². The van der Waals surface area contributed by atoms with Crippen LogP contribution in [0.2, 0.25) is 0 Å². The molecule has 1 aliphatic heterocycles. The predicted octanol–water partition coefficient (Wildman–Crippen LogP) is 1.06. The fourth-order valence-corrected chi connectivity index (χ4v) is 3.44. The minimum atomic E-state index is -1.08. The van der Waals surface area contributed by atoms with Crippen molar-refractivity contribution in [3.8, 4) is 0 Å². The summed E-state index contributed by atoms with van der Waals surface area (Å²) in [7, 11) is 2.12. The Labute approximate surface area is 92.1 Å². The monoisotopic (exact) mass is 293 g/mol. The first-order valence-corrected chi connectivity index (χ1v) is 6.93. The molecule has 1 saturated heterocycles. The van der Waals surface area contributed by atoms with Gasteiger partial charge in [0, 0.05) is 0 Å². The maximum atomic E-state index is 5.78. The molecule has 0 spiro atoms. The summed E-state index contributed by atoms with van der Waals surface area (Å²) in [6.07, 6.45) is 0. The first kappa shape index (κ1) is 11.8. The summed E-state index contributed by atoms with van der Waals surface area (Å²) >= 11 is -1.08. The second-order valence-electron chi connectivity index (χ2n) is 4.98. The Kier molecular flexibility index (Phi) is 3.66. The standard InChI is InChI=1S/C9H19NO2.Sn/c1-8(2,11)6-10(5)7-9(3,4)12;/h6-7H2,1-5H3;/q-2;+2. The van der Waals surface area contributed by atoms with Crippen LogP contribution in [0, 0.1) is 0 Å². The fraction of sp³-hybridized carbons (Fsp3) is 1.00. The van der Waals surface area contributed by atoms with Crippen molar-refractivity contribution < 1.29 is 6.15 Å². The average molecular weight is 292 g/mol. The molecule has 0 unspecified atom stereocenters. The van der Waals surface area contributed by atoms with Crippen molar-refractivity contribution in [2.75, 3.05) is 20.1 Å². The van der Waals surface area contributed by atoms with E-state index in [0.29, 0.717) is 0 Å². The molecule has 1 heterocycles. The van der Waals surface area contributed by atoms with E-state index in [1.807, 2.05) is 0 Å². The van der Waals surface area contributed by atoms with Gasteiger partial charge in [-0.15, -0.1) is 0 Å². The summed E-state index contributed by atoms with van der Waals surface area (Å²) < 4.78 is 11.6. The third-order valence-corrected chi connectivity index (χ3v) is 5.57. The molecule has 2 radical (unpaired) electrons. The molecule has 3 nitrogen and oxygen atoms in total. The molecule has 1 fully saturated rings. The predicted molar refractivity (Wildman–Crippen MR) is 53.6 cm³/mol. The van der Waals surface area contributed by atoms with Crippen molar-refractivity contribution in [3.63, 3.8) is 0 Å². The number of hydrogen-bond donors (Lipinski definition) is 0. The van der Waals surface area contributed by atoms with Gasteiger partial charge >= 0.3 is 92.1 Å². The molecule has 0 aromatic heterocycles. The molecule has 0 atom stereocenters. The summed E-state index contributed by atoms with van der Waals surface area (Å²) in [5, 5.41) is 0. The van der Waals surface area contributed by atoms with Gasteiger partial charge in [-0.3, -0.25) is 0 Å². The maximum absolute atomic E-state index is 5.78.